The average Bonchev–Trinajstić information content (AvgIpc) is 3.07. The van der Waals surface area contributed by atoms with Crippen LogP contribution in [-0.4, -0.2) is 47.0 Å². The molecule has 1 aromatic carbocycles. The minimum absolute atomic E-state index is 0.108. The maximum absolute atomic E-state index is 12.7. The third-order valence-corrected chi connectivity index (χ3v) is 6.11. The summed E-state index contributed by atoms with van der Waals surface area (Å²) in [6, 6.07) is 7.46. The van der Waals surface area contributed by atoms with Crippen LogP contribution in [0.4, 0.5) is 0 Å². The van der Waals surface area contributed by atoms with Crippen LogP contribution in [0.5, 0.6) is 0 Å². The summed E-state index contributed by atoms with van der Waals surface area (Å²) in [6.45, 7) is 5.48. The van der Waals surface area contributed by atoms with E-state index in [0.717, 1.165) is 42.1 Å². The van der Waals surface area contributed by atoms with Gasteiger partial charge in [0.15, 0.2) is 5.82 Å². The first kappa shape index (κ1) is 18.2. The van der Waals surface area contributed by atoms with Crippen LogP contribution in [0.3, 0.4) is 0 Å². The second-order valence-electron chi connectivity index (χ2n) is 6.78. The summed E-state index contributed by atoms with van der Waals surface area (Å²) in [7, 11) is 0. The van der Waals surface area contributed by atoms with Gasteiger partial charge in [0, 0.05) is 22.9 Å². The van der Waals surface area contributed by atoms with Gasteiger partial charge in [-0.2, -0.15) is 0 Å². The number of benzene rings is 1. The van der Waals surface area contributed by atoms with Crippen LogP contribution >= 0.6 is 22.9 Å². The Morgan fingerprint density at radius 1 is 1.30 bits per heavy atom. The predicted octanol–water partition coefficient (Wildman–Crippen LogP) is 1.55. The second kappa shape index (κ2) is 7.42. The fraction of sp³-hybridized carbons (Fsp3) is 0.316. The average molecular weight is 404 g/mol. The van der Waals surface area contributed by atoms with Crippen molar-refractivity contribution in [2.45, 2.75) is 13.5 Å². The van der Waals surface area contributed by atoms with Gasteiger partial charge < -0.3 is 14.8 Å². The quantitative estimate of drug-likeness (QED) is 0.697. The van der Waals surface area contributed by atoms with Crippen LogP contribution in [0.15, 0.2) is 34.4 Å². The van der Waals surface area contributed by atoms with Crippen LogP contribution in [0.1, 0.15) is 12.7 Å². The molecular weight excluding hydrogens is 384 g/mol. The fourth-order valence-electron chi connectivity index (χ4n) is 3.47. The summed E-state index contributed by atoms with van der Waals surface area (Å²) in [6.07, 6.45) is 0. The normalized spacial score (nSPS) is 15.4. The Bertz CT molecular complexity index is 1040. The highest BCUT2D eigenvalue weighted by Gasteiger charge is 2.23. The zero-order valence-electron chi connectivity index (χ0n) is 14.9. The molecule has 3 aromatic rings. The van der Waals surface area contributed by atoms with E-state index in [-0.39, 0.29) is 11.5 Å². The Kier molecular flexibility index (Phi) is 4.99. The van der Waals surface area contributed by atoms with Gasteiger partial charge in [0.2, 0.25) is 5.91 Å². The van der Waals surface area contributed by atoms with Gasteiger partial charge in [-0.15, -0.1) is 11.3 Å². The number of rotatable bonds is 3. The molecule has 1 fully saturated rings. The van der Waals surface area contributed by atoms with Crippen molar-refractivity contribution in [3.8, 4) is 11.1 Å². The Labute approximate surface area is 165 Å². The van der Waals surface area contributed by atoms with E-state index in [1.54, 1.807) is 6.92 Å². The molecule has 0 spiro atoms. The number of H-pyrrole nitrogens is 1. The summed E-state index contributed by atoms with van der Waals surface area (Å²) in [5.41, 5.74) is 1.73. The summed E-state index contributed by atoms with van der Waals surface area (Å²) < 4.78 is 0. The maximum Gasteiger partial charge on any atom is 0.260 e. The van der Waals surface area contributed by atoms with E-state index in [2.05, 4.69) is 9.97 Å². The monoisotopic (exact) mass is 403 g/mol. The van der Waals surface area contributed by atoms with Gasteiger partial charge in [-0.3, -0.25) is 9.59 Å². The molecule has 2 aromatic heterocycles. The molecular formula is C19H20ClN4O2S+. The van der Waals surface area contributed by atoms with Crippen LogP contribution < -0.4 is 10.5 Å². The second-order valence-corrected chi connectivity index (χ2v) is 8.08. The summed E-state index contributed by atoms with van der Waals surface area (Å²) in [4.78, 5) is 35.7. The Morgan fingerprint density at radius 3 is 2.67 bits per heavy atom. The van der Waals surface area contributed by atoms with Crippen LogP contribution in [-0.2, 0) is 11.3 Å². The molecule has 1 saturated heterocycles. The number of fused-ring (bicyclic) bond motifs is 1. The van der Waals surface area contributed by atoms with Gasteiger partial charge in [-0.25, -0.2) is 4.98 Å². The molecule has 6 nitrogen and oxygen atoms in total. The van der Waals surface area contributed by atoms with Crippen LogP contribution in [0, 0.1) is 0 Å². The lowest BCUT2D eigenvalue weighted by molar-refractivity contribution is -0.918. The van der Waals surface area contributed by atoms with Crippen molar-refractivity contribution in [3.05, 3.63) is 50.8 Å². The number of nitrogens with zero attached hydrogens (tertiary/aromatic N) is 2. The van der Waals surface area contributed by atoms with E-state index < -0.39 is 0 Å². The molecule has 0 saturated carbocycles. The highest BCUT2D eigenvalue weighted by molar-refractivity contribution is 7.17. The lowest BCUT2D eigenvalue weighted by Gasteiger charge is -2.31. The number of nitrogens with one attached hydrogen (secondary N) is 2. The minimum Gasteiger partial charge on any atom is -0.332 e. The molecule has 3 heterocycles. The molecule has 8 heteroatoms. The van der Waals surface area contributed by atoms with Crippen molar-refractivity contribution in [3.63, 3.8) is 0 Å². The molecule has 1 aliphatic rings. The highest BCUT2D eigenvalue weighted by Crippen LogP contribution is 2.31. The molecule has 1 aliphatic heterocycles. The largest absolute Gasteiger partial charge is 0.332 e. The molecule has 4 rings (SSSR count). The maximum atomic E-state index is 12.7. The number of piperazine rings is 1. The number of aromatic amines is 1. The molecule has 0 unspecified atom stereocenters. The summed E-state index contributed by atoms with van der Waals surface area (Å²) in [5, 5.41) is 3.27. The van der Waals surface area contributed by atoms with Crippen molar-refractivity contribution in [2.75, 3.05) is 26.2 Å². The first-order valence-electron chi connectivity index (χ1n) is 8.86. The van der Waals surface area contributed by atoms with Gasteiger partial charge in [0.05, 0.1) is 31.6 Å². The Balaban J connectivity index is 1.57. The molecule has 0 bridgehead atoms. The van der Waals surface area contributed by atoms with Gasteiger partial charge in [0.1, 0.15) is 11.4 Å². The standard InChI is InChI=1S/C19H19ClN4O2S/c1-12(25)24-8-6-23(7-9-24)10-16-21-18(26)17-15(11-27-19(17)22-16)13-2-4-14(20)5-3-13/h2-5,11H,6-10H2,1H3,(H,21,22,26)/p+1. The Hall–Kier alpha value is -2.22. The number of quaternary nitrogens is 1. The first-order valence-corrected chi connectivity index (χ1v) is 10.1. The fourth-order valence-corrected chi connectivity index (χ4v) is 4.56. The van der Waals surface area contributed by atoms with E-state index in [1.807, 2.05) is 34.5 Å². The van der Waals surface area contributed by atoms with Crippen LogP contribution in [0.25, 0.3) is 21.3 Å². The number of amides is 1. The third kappa shape index (κ3) is 3.76. The number of hydrogen-bond donors (Lipinski definition) is 2. The molecule has 1 amide bonds. The SMILES string of the molecule is CC(=O)N1CC[NH+](Cc2nc3scc(-c4ccc(Cl)cc4)c3c(=O)[nH]2)CC1. The number of aromatic nitrogens is 2. The highest BCUT2D eigenvalue weighted by atomic mass is 35.5. The smallest absolute Gasteiger partial charge is 0.260 e. The minimum atomic E-state index is -0.108. The lowest BCUT2D eigenvalue weighted by atomic mass is 10.1. The van der Waals surface area contributed by atoms with E-state index in [4.69, 9.17) is 11.6 Å². The number of hydrogen-bond acceptors (Lipinski definition) is 4. The van der Waals surface area contributed by atoms with E-state index in [9.17, 15) is 9.59 Å². The molecule has 27 heavy (non-hydrogen) atoms. The van der Waals surface area contributed by atoms with Gasteiger partial charge in [-0.05, 0) is 17.7 Å². The zero-order valence-corrected chi connectivity index (χ0v) is 16.5. The number of thiophene rings is 1. The zero-order chi connectivity index (χ0) is 19.0. The van der Waals surface area contributed by atoms with E-state index >= 15 is 0 Å². The van der Waals surface area contributed by atoms with Crippen molar-refractivity contribution < 1.29 is 9.69 Å². The number of halogens is 1. The molecule has 0 aliphatic carbocycles. The number of carbonyl (C=O) groups excluding carboxylic acids is 1. The Morgan fingerprint density at radius 2 is 2.00 bits per heavy atom. The van der Waals surface area contributed by atoms with Gasteiger partial charge in [0.25, 0.3) is 5.56 Å². The van der Waals surface area contributed by atoms with Gasteiger partial charge in [-0.1, -0.05) is 23.7 Å². The topological polar surface area (TPSA) is 70.5 Å². The van der Waals surface area contributed by atoms with Crippen molar-refractivity contribution in [1.82, 2.24) is 14.9 Å². The van der Waals surface area contributed by atoms with E-state index in [1.165, 1.54) is 16.2 Å². The summed E-state index contributed by atoms with van der Waals surface area (Å²) in [5.74, 6) is 0.818. The van der Waals surface area contributed by atoms with Crippen LogP contribution in [0.2, 0.25) is 5.02 Å². The molecule has 0 radical (unpaired) electrons. The van der Waals surface area contributed by atoms with Gasteiger partial charge >= 0.3 is 0 Å². The van der Waals surface area contributed by atoms with Crippen molar-refractivity contribution >= 4 is 39.1 Å². The summed E-state index contributed by atoms with van der Waals surface area (Å²) >= 11 is 7.44. The molecule has 0 atom stereocenters. The number of carbonyl (C=O) groups is 1. The third-order valence-electron chi connectivity index (χ3n) is 4.98. The predicted molar refractivity (Wildman–Crippen MR) is 107 cm³/mol. The van der Waals surface area contributed by atoms with E-state index in [0.29, 0.717) is 22.8 Å². The van der Waals surface area contributed by atoms with Crippen molar-refractivity contribution in [1.29, 1.82) is 0 Å². The molecule has 2 N–H and O–H groups in total. The first-order chi connectivity index (χ1) is 13.0. The lowest BCUT2D eigenvalue weighted by Crippen LogP contribution is -3.13. The van der Waals surface area contributed by atoms with Crippen molar-refractivity contribution in [2.24, 2.45) is 0 Å². The molecule has 140 valence electrons.